The molecular formula is C7H11NO2. The maximum atomic E-state index is 11.0. The highest BCUT2D eigenvalue weighted by atomic mass is 16.3. The summed E-state index contributed by atoms with van der Waals surface area (Å²) in [6.07, 6.45) is 0. The van der Waals surface area contributed by atoms with Crippen LogP contribution in [0.2, 0.25) is 0 Å². The van der Waals surface area contributed by atoms with Gasteiger partial charge in [-0.3, -0.25) is 4.79 Å². The molecule has 3 nitrogen and oxygen atoms in total. The summed E-state index contributed by atoms with van der Waals surface area (Å²) in [6, 6.07) is 0.0486. The number of piperidine rings is 1. The summed E-state index contributed by atoms with van der Waals surface area (Å²) < 4.78 is 0. The third kappa shape index (κ3) is 0.560. The van der Waals surface area contributed by atoms with Crippen LogP contribution in [0.3, 0.4) is 0 Å². The minimum atomic E-state index is 0.0486. The normalized spacial score (nSPS) is 50.4. The number of carbonyl (C=O) groups is 1. The van der Waals surface area contributed by atoms with Crippen molar-refractivity contribution in [3.63, 3.8) is 0 Å². The summed E-state index contributed by atoms with van der Waals surface area (Å²) >= 11 is 0. The van der Waals surface area contributed by atoms with Crippen molar-refractivity contribution in [3.05, 3.63) is 0 Å². The number of aliphatic hydroxyl groups is 1. The average Bonchev–Trinajstić information content (AvgIpc) is 2.40. The van der Waals surface area contributed by atoms with Gasteiger partial charge in [0, 0.05) is 5.92 Å². The fourth-order valence-corrected chi connectivity index (χ4v) is 2.07. The number of rotatable bonds is 1. The van der Waals surface area contributed by atoms with Gasteiger partial charge in [-0.2, -0.15) is 0 Å². The van der Waals surface area contributed by atoms with Crippen molar-refractivity contribution in [2.45, 2.75) is 13.0 Å². The van der Waals surface area contributed by atoms with Crippen LogP contribution in [0.5, 0.6) is 0 Å². The number of nitrogens with one attached hydrogen (secondary N) is 1. The van der Waals surface area contributed by atoms with Gasteiger partial charge in [-0.15, -0.1) is 0 Å². The van der Waals surface area contributed by atoms with Crippen molar-refractivity contribution in [1.82, 2.24) is 5.32 Å². The number of fused-ring (bicyclic) bond motifs is 1. The van der Waals surface area contributed by atoms with E-state index < -0.39 is 0 Å². The molecule has 1 amide bonds. The van der Waals surface area contributed by atoms with Crippen LogP contribution < -0.4 is 5.32 Å². The van der Waals surface area contributed by atoms with Crippen molar-refractivity contribution < 1.29 is 9.90 Å². The molecule has 10 heavy (non-hydrogen) atoms. The Hall–Kier alpha value is -0.570. The number of amides is 1. The molecule has 56 valence electrons. The van der Waals surface area contributed by atoms with Gasteiger partial charge in [0.05, 0.1) is 12.6 Å². The van der Waals surface area contributed by atoms with Gasteiger partial charge in [0.1, 0.15) is 0 Å². The van der Waals surface area contributed by atoms with Gasteiger partial charge in [0.15, 0.2) is 0 Å². The van der Waals surface area contributed by atoms with E-state index in [4.69, 9.17) is 5.11 Å². The highest BCUT2D eigenvalue weighted by molar-refractivity contribution is 5.85. The van der Waals surface area contributed by atoms with Gasteiger partial charge in [0.2, 0.25) is 5.91 Å². The molecule has 1 aliphatic carbocycles. The molecule has 0 radical (unpaired) electrons. The fraction of sp³-hybridized carbons (Fsp3) is 0.857. The van der Waals surface area contributed by atoms with Crippen molar-refractivity contribution in [2.75, 3.05) is 6.61 Å². The van der Waals surface area contributed by atoms with Gasteiger partial charge in [-0.25, -0.2) is 0 Å². The molecule has 4 atom stereocenters. The molecule has 1 heterocycles. The molecule has 3 heteroatoms. The second kappa shape index (κ2) is 1.72. The molecule has 4 unspecified atom stereocenters. The standard InChI is InChI=1S/C7H11NO2/c1-3-5-4(2-9)8-7(10)6(3)5/h3-6,9H,2H2,1H3,(H,8,10). The first kappa shape index (κ1) is 6.16. The van der Waals surface area contributed by atoms with Crippen LogP contribution in [0.25, 0.3) is 0 Å². The SMILES string of the molecule is CC1C2C(=O)NC(CO)C12. The lowest BCUT2D eigenvalue weighted by Gasteiger charge is -2.09. The molecule has 2 rings (SSSR count). The van der Waals surface area contributed by atoms with Crippen molar-refractivity contribution >= 4 is 5.91 Å². The monoisotopic (exact) mass is 141 g/mol. The van der Waals surface area contributed by atoms with E-state index in [1.807, 2.05) is 0 Å². The lowest BCUT2D eigenvalue weighted by Crippen LogP contribution is -2.34. The molecule has 1 saturated carbocycles. The Bertz CT molecular complexity index is 180. The summed E-state index contributed by atoms with van der Waals surface area (Å²) in [5.41, 5.74) is 0. The summed E-state index contributed by atoms with van der Waals surface area (Å²) in [6.45, 7) is 2.16. The van der Waals surface area contributed by atoms with E-state index in [1.165, 1.54) is 0 Å². The molecule has 2 aliphatic rings. The van der Waals surface area contributed by atoms with E-state index in [2.05, 4.69) is 12.2 Å². The summed E-state index contributed by atoms with van der Waals surface area (Å²) in [5.74, 6) is 1.29. The third-order valence-corrected chi connectivity index (χ3v) is 2.74. The smallest absolute Gasteiger partial charge is 0.224 e. The van der Waals surface area contributed by atoms with Gasteiger partial charge in [-0.1, -0.05) is 6.92 Å². The molecule has 1 aliphatic heterocycles. The van der Waals surface area contributed by atoms with Crippen LogP contribution in [-0.4, -0.2) is 23.7 Å². The Morgan fingerprint density at radius 2 is 2.40 bits per heavy atom. The average molecular weight is 141 g/mol. The van der Waals surface area contributed by atoms with Crippen LogP contribution in [0, 0.1) is 17.8 Å². The lowest BCUT2D eigenvalue weighted by atomic mass is 10.2. The van der Waals surface area contributed by atoms with E-state index in [0.717, 1.165) is 0 Å². The lowest BCUT2D eigenvalue weighted by molar-refractivity contribution is -0.121. The van der Waals surface area contributed by atoms with Gasteiger partial charge in [0.25, 0.3) is 0 Å². The van der Waals surface area contributed by atoms with Crippen LogP contribution >= 0.6 is 0 Å². The quantitative estimate of drug-likeness (QED) is 0.510. The Balaban J connectivity index is 2.11. The molecule has 2 fully saturated rings. The zero-order valence-corrected chi connectivity index (χ0v) is 5.87. The fourth-order valence-electron chi connectivity index (χ4n) is 2.07. The zero-order chi connectivity index (χ0) is 7.30. The first-order valence-electron chi connectivity index (χ1n) is 3.67. The molecule has 0 aromatic carbocycles. The van der Waals surface area contributed by atoms with Crippen molar-refractivity contribution in [3.8, 4) is 0 Å². The second-order valence-electron chi connectivity index (χ2n) is 3.26. The maximum Gasteiger partial charge on any atom is 0.224 e. The molecule has 1 saturated heterocycles. The van der Waals surface area contributed by atoms with Crippen molar-refractivity contribution in [1.29, 1.82) is 0 Å². The molecule has 0 bridgehead atoms. The summed E-state index contributed by atoms with van der Waals surface area (Å²) in [4.78, 5) is 11.0. The second-order valence-corrected chi connectivity index (χ2v) is 3.26. The minimum absolute atomic E-state index is 0.0486. The maximum absolute atomic E-state index is 11.0. The molecule has 0 aromatic rings. The topological polar surface area (TPSA) is 49.3 Å². The predicted octanol–water partition coefficient (Wildman–Crippen LogP) is -0.641. The Morgan fingerprint density at radius 3 is 2.70 bits per heavy atom. The summed E-state index contributed by atoms with van der Waals surface area (Å²) in [5, 5.41) is 11.5. The molecule has 0 spiro atoms. The van der Waals surface area contributed by atoms with E-state index in [0.29, 0.717) is 11.8 Å². The highest BCUT2D eigenvalue weighted by Crippen LogP contribution is 2.51. The number of carbonyl (C=O) groups excluding carboxylic acids is 1. The van der Waals surface area contributed by atoms with Crippen LogP contribution in [0.4, 0.5) is 0 Å². The third-order valence-electron chi connectivity index (χ3n) is 2.74. The first-order chi connectivity index (χ1) is 4.75. The number of aliphatic hydroxyl groups excluding tert-OH is 1. The largest absolute Gasteiger partial charge is 0.394 e. The summed E-state index contributed by atoms with van der Waals surface area (Å²) in [7, 11) is 0. The Kier molecular flexibility index (Phi) is 1.06. The van der Waals surface area contributed by atoms with E-state index >= 15 is 0 Å². The molecule has 2 N–H and O–H groups in total. The van der Waals surface area contributed by atoms with Crippen LogP contribution in [0.15, 0.2) is 0 Å². The predicted molar refractivity (Wildman–Crippen MR) is 35.2 cm³/mol. The minimum Gasteiger partial charge on any atom is -0.394 e. The van der Waals surface area contributed by atoms with E-state index in [1.54, 1.807) is 0 Å². The van der Waals surface area contributed by atoms with Crippen LogP contribution in [0.1, 0.15) is 6.92 Å². The first-order valence-corrected chi connectivity index (χ1v) is 3.67. The number of hydrogen-bond acceptors (Lipinski definition) is 2. The van der Waals surface area contributed by atoms with E-state index in [9.17, 15) is 4.79 Å². The van der Waals surface area contributed by atoms with E-state index in [-0.39, 0.29) is 24.5 Å². The van der Waals surface area contributed by atoms with Crippen molar-refractivity contribution in [2.24, 2.45) is 17.8 Å². The van der Waals surface area contributed by atoms with Crippen LogP contribution in [-0.2, 0) is 4.79 Å². The zero-order valence-electron chi connectivity index (χ0n) is 5.87. The Morgan fingerprint density at radius 1 is 1.70 bits per heavy atom. The molecular weight excluding hydrogens is 130 g/mol. The Labute approximate surface area is 59.4 Å². The highest BCUT2D eigenvalue weighted by Gasteiger charge is 2.60. The molecule has 0 aromatic heterocycles. The van der Waals surface area contributed by atoms with Gasteiger partial charge >= 0.3 is 0 Å². The van der Waals surface area contributed by atoms with Gasteiger partial charge in [-0.05, 0) is 11.8 Å². The number of hydrogen-bond donors (Lipinski definition) is 2. The van der Waals surface area contributed by atoms with Gasteiger partial charge < -0.3 is 10.4 Å².